The molecule has 0 saturated heterocycles. The third-order valence-electron chi connectivity index (χ3n) is 2.93. The van der Waals surface area contributed by atoms with Crippen LogP contribution in [-0.2, 0) is 0 Å². The highest BCUT2D eigenvalue weighted by molar-refractivity contribution is 9.10. The maximum absolute atomic E-state index is 12.4. The van der Waals surface area contributed by atoms with Crippen LogP contribution in [0.4, 0.5) is 5.69 Å². The standard InChI is InChI=1S/C16H15BrClNO2/c1-3-21-15-7-6-12(18)9-14(15)19-16(20)13-8-11(17)5-4-10(13)2/h4-9H,3H2,1-2H3,(H,19,20). The Bertz CT molecular complexity index is 673. The molecule has 1 N–H and O–H groups in total. The van der Waals surface area contributed by atoms with Gasteiger partial charge in [0.1, 0.15) is 5.75 Å². The van der Waals surface area contributed by atoms with Gasteiger partial charge in [0.25, 0.3) is 5.91 Å². The minimum absolute atomic E-state index is 0.197. The Morgan fingerprint density at radius 3 is 2.76 bits per heavy atom. The molecule has 5 heteroatoms. The van der Waals surface area contributed by atoms with Crippen molar-refractivity contribution in [2.24, 2.45) is 0 Å². The summed E-state index contributed by atoms with van der Waals surface area (Å²) in [6.45, 7) is 4.29. The van der Waals surface area contributed by atoms with Gasteiger partial charge in [-0.3, -0.25) is 4.79 Å². The number of nitrogens with one attached hydrogen (secondary N) is 1. The molecule has 0 fully saturated rings. The Labute approximate surface area is 137 Å². The first-order chi connectivity index (χ1) is 10.0. The lowest BCUT2D eigenvalue weighted by Crippen LogP contribution is -2.14. The second-order valence-corrected chi connectivity index (χ2v) is 5.84. The predicted molar refractivity (Wildman–Crippen MR) is 89.5 cm³/mol. The molecule has 0 aliphatic rings. The van der Waals surface area contributed by atoms with E-state index in [0.717, 1.165) is 10.0 Å². The molecule has 0 aliphatic carbocycles. The van der Waals surface area contributed by atoms with E-state index in [-0.39, 0.29) is 5.91 Å². The minimum atomic E-state index is -0.197. The van der Waals surface area contributed by atoms with E-state index in [9.17, 15) is 4.79 Å². The Morgan fingerprint density at radius 2 is 2.05 bits per heavy atom. The summed E-state index contributed by atoms with van der Waals surface area (Å²) in [6, 6.07) is 10.7. The van der Waals surface area contributed by atoms with E-state index >= 15 is 0 Å². The molecule has 0 unspecified atom stereocenters. The highest BCUT2D eigenvalue weighted by atomic mass is 79.9. The van der Waals surface area contributed by atoms with Crippen LogP contribution >= 0.6 is 27.5 Å². The minimum Gasteiger partial charge on any atom is -0.492 e. The van der Waals surface area contributed by atoms with Crippen molar-refractivity contribution < 1.29 is 9.53 Å². The fourth-order valence-electron chi connectivity index (χ4n) is 1.91. The van der Waals surface area contributed by atoms with Crippen molar-refractivity contribution in [3.05, 3.63) is 57.0 Å². The maximum Gasteiger partial charge on any atom is 0.256 e. The van der Waals surface area contributed by atoms with E-state index < -0.39 is 0 Å². The number of carbonyl (C=O) groups is 1. The summed E-state index contributed by atoms with van der Waals surface area (Å²) in [5.41, 5.74) is 2.07. The van der Waals surface area contributed by atoms with Crippen LogP contribution in [0.25, 0.3) is 0 Å². The van der Waals surface area contributed by atoms with Crippen molar-refractivity contribution in [2.75, 3.05) is 11.9 Å². The van der Waals surface area contributed by atoms with E-state index in [1.807, 2.05) is 26.0 Å². The maximum atomic E-state index is 12.4. The van der Waals surface area contributed by atoms with Crippen LogP contribution in [0.3, 0.4) is 0 Å². The molecule has 2 aromatic carbocycles. The Hall–Kier alpha value is -1.52. The van der Waals surface area contributed by atoms with Gasteiger partial charge in [-0.05, 0) is 49.7 Å². The number of hydrogen-bond acceptors (Lipinski definition) is 2. The fourth-order valence-corrected chi connectivity index (χ4v) is 2.44. The quantitative estimate of drug-likeness (QED) is 0.819. The fraction of sp³-hybridized carbons (Fsp3) is 0.188. The third-order valence-corrected chi connectivity index (χ3v) is 3.66. The molecular weight excluding hydrogens is 354 g/mol. The number of ether oxygens (including phenoxy) is 1. The van der Waals surface area contributed by atoms with Gasteiger partial charge in [-0.15, -0.1) is 0 Å². The first-order valence-electron chi connectivity index (χ1n) is 6.51. The van der Waals surface area contributed by atoms with Gasteiger partial charge < -0.3 is 10.1 Å². The van der Waals surface area contributed by atoms with Crippen molar-refractivity contribution in [2.45, 2.75) is 13.8 Å². The SMILES string of the molecule is CCOc1ccc(Cl)cc1NC(=O)c1cc(Br)ccc1C. The van der Waals surface area contributed by atoms with Crippen LogP contribution in [0.1, 0.15) is 22.8 Å². The second kappa shape index (κ2) is 6.96. The van der Waals surface area contributed by atoms with Crippen molar-refractivity contribution in [1.82, 2.24) is 0 Å². The first-order valence-corrected chi connectivity index (χ1v) is 7.68. The number of hydrogen-bond donors (Lipinski definition) is 1. The van der Waals surface area contributed by atoms with Gasteiger partial charge in [0.05, 0.1) is 12.3 Å². The molecule has 0 aromatic heterocycles. The van der Waals surface area contributed by atoms with Crippen LogP contribution in [0.5, 0.6) is 5.75 Å². The largest absolute Gasteiger partial charge is 0.492 e. The molecule has 0 saturated carbocycles. The monoisotopic (exact) mass is 367 g/mol. The van der Waals surface area contributed by atoms with Gasteiger partial charge in [0, 0.05) is 15.1 Å². The Kier molecular flexibility index (Phi) is 5.26. The lowest BCUT2D eigenvalue weighted by Gasteiger charge is -2.13. The van der Waals surface area contributed by atoms with Crippen LogP contribution in [-0.4, -0.2) is 12.5 Å². The molecule has 1 amide bonds. The summed E-state index contributed by atoms with van der Waals surface area (Å²) >= 11 is 9.36. The van der Waals surface area contributed by atoms with Crippen molar-refractivity contribution in [1.29, 1.82) is 0 Å². The van der Waals surface area contributed by atoms with E-state index in [0.29, 0.717) is 28.6 Å². The van der Waals surface area contributed by atoms with E-state index in [1.54, 1.807) is 24.3 Å². The molecule has 2 aromatic rings. The summed E-state index contributed by atoms with van der Waals surface area (Å²) in [5.74, 6) is 0.403. The smallest absolute Gasteiger partial charge is 0.256 e. The molecule has 0 spiro atoms. The van der Waals surface area contributed by atoms with Crippen molar-refractivity contribution >= 4 is 39.1 Å². The van der Waals surface area contributed by atoms with E-state index in [2.05, 4.69) is 21.2 Å². The number of amides is 1. The lowest BCUT2D eigenvalue weighted by molar-refractivity contribution is 0.102. The summed E-state index contributed by atoms with van der Waals surface area (Å²) in [4.78, 5) is 12.4. The number of benzene rings is 2. The summed E-state index contributed by atoms with van der Waals surface area (Å²) in [7, 11) is 0. The zero-order valence-corrected chi connectivity index (χ0v) is 14.1. The summed E-state index contributed by atoms with van der Waals surface area (Å²) in [6.07, 6.45) is 0. The molecule has 2 rings (SSSR count). The molecule has 0 radical (unpaired) electrons. The number of carbonyl (C=O) groups excluding carboxylic acids is 1. The molecule has 0 heterocycles. The molecule has 0 aliphatic heterocycles. The topological polar surface area (TPSA) is 38.3 Å². The van der Waals surface area contributed by atoms with Gasteiger partial charge in [-0.1, -0.05) is 33.6 Å². The molecule has 3 nitrogen and oxygen atoms in total. The van der Waals surface area contributed by atoms with Crippen molar-refractivity contribution in [3.8, 4) is 5.75 Å². The van der Waals surface area contributed by atoms with Gasteiger partial charge in [0.2, 0.25) is 0 Å². The van der Waals surface area contributed by atoms with Crippen LogP contribution in [0, 0.1) is 6.92 Å². The van der Waals surface area contributed by atoms with Gasteiger partial charge in [-0.2, -0.15) is 0 Å². The zero-order valence-electron chi connectivity index (χ0n) is 11.7. The highest BCUT2D eigenvalue weighted by Gasteiger charge is 2.13. The molecular formula is C16H15BrClNO2. The van der Waals surface area contributed by atoms with Gasteiger partial charge >= 0.3 is 0 Å². The average molecular weight is 369 g/mol. The molecule has 0 atom stereocenters. The number of anilines is 1. The second-order valence-electron chi connectivity index (χ2n) is 4.49. The first kappa shape index (κ1) is 15.9. The molecule has 110 valence electrons. The van der Waals surface area contributed by atoms with Crippen LogP contribution < -0.4 is 10.1 Å². The lowest BCUT2D eigenvalue weighted by atomic mass is 10.1. The van der Waals surface area contributed by atoms with Gasteiger partial charge in [-0.25, -0.2) is 0 Å². The van der Waals surface area contributed by atoms with Gasteiger partial charge in [0.15, 0.2) is 0 Å². The van der Waals surface area contributed by atoms with Crippen LogP contribution in [0.15, 0.2) is 40.9 Å². The zero-order chi connectivity index (χ0) is 15.4. The highest BCUT2D eigenvalue weighted by Crippen LogP contribution is 2.29. The molecule has 0 bridgehead atoms. The van der Waals surface area contributed by atoms with Crippen molar-refractivity contribution in [3.63, 3.8) is 0 Å². The van der Waals surface area contributed by atoms with E-state index in [4.69, 9.17) is 16.3 Å². The third kappa shape index (κ3) is 3.99. The number of halogens is 2. The van der Waals surface area contributed by atoms with E-state index in [1.165, 1.54) is 0 Å². The molecule has 21 heavy (non-hydrogen) atoms. The predicted octanol–water partition coefficient (Wildman–Crippen LogP) is 5.06. The Morgan fingerprint density at radius 1 is 1.29 bits per heavy atom. The van der Waals surface area contributed by atoms with Crippen LogP contribution in [0.2, 0.25) is 5.02 Å². The Balaban J connectivity index is 2.31. The number of aryl methyl sites for hydroxylation is 1. The normalized spacial score (nSPS) is 10.3. The summed E-state index contributed by atoms with van der Waals surface area (Å²) < 4.78 is 6.36. The number of rotatable bonds is 4. The summed E-state index contributed by atoms with van der Waals surface area (Å²) in [5, 5.41) is 3.39. The average Bonchev–Trinajstić information content (AvgIpc) is 2.44.